The molecule has 0 bridgehead atoms. The Bertz CT molecular complexity index is 562. The standard InChI is InChI=1S/C18H25F3N2O2.ClH/c1-22-11-8-14-9-12-23(13-10-14)17(24)7-6-15-4-2-3-5-16(15)25-18(19,20)21;/h2-5,14,22H,6-13H2,1H3;1H. The van der Waals surface area contributed by atoms with E-state index >= 15 is 0 Å². The summed E-state index contributed by atoms with van der Waals surface area (Å²) in [5.74, 6) is 0.403. The average molecular weight is 395 g/mol. The van der Waals surface area contributed by atoms with Gasteiger partial charge in [0.05, 0.1) is 0 Å². The predicted octanol–water partition coefficient (Wildman–Crippen LogP) is 3.79. The maximum Gasteiger partial charge on any atom is 0.573 e. The summed E-state index contributed by atoms with van der Waals surface area (Å²) in [6.45, 7) is 2.44. The Kier molecular flexibility index (Phi) is 9.22. The molecule has 1 heterocycles. The van der Waals surface area contributed by atoms with Crippen molar-refractivity contribution in [3.8, 4) is 5.75 Å². The van der Waals surface area contributed by atoms with Gasteiger partial charge in [0.2, 0.25) is 5.91 Å². The number of hydrogen-bond donors (Lipinski definition) is 1. The molecule has 1 fully saturated rings. The van der Waals surface area contributed by atoms with Gasteiger partial charge in [0.15, 0.2) is 0 Å². The fraction of sp³-hybridized carbons (Fsp3) is 0.611. The van der Waals surface area contributed by atoms with E-state index in [2.05, 4.69) is 10.1 Å². The Labute approximate surface area is 158 Å². The Hall–Kier alpha value is -1.47. The summed E-state index contributed by atoms with van der Waals surface area (Å²) in [7, 11) is 1.93. The van der Waals surface area contributed by atoms with Crippen molar-refractivity contribution in [3.05, 3.63) is 29.8 Å². The van der Waals surface area contributed by atoms with Crippen LogP contribution in [0, 0.1) is 5.92 Å². The molecule has 0 radical (unpaired) electrons. The second-order valence-corrected chi connectivity index (χ2v) is 6.37. The molecular formula is C18H26ClF3N2O2. The molecule has 1 aromatic carbocycles. The van der Waals surface area contributed by atoms with Crippen LogP contribution in [0.25, 0.3) is 0 Å². The van der Waals surface area contributed by atoms with Crippen molar-refractivity contribution < 1.29 is 22.7 Å². The van der Waals surface area contributed by atoms with Gasteiger partial charge in [-0.05, 0) is 56.8 Å². The van der Waals surface area contributed by atoms with Crippen LogP contribution in [0.15, 0.2) is 24.3 Å². The van der Waals surface area contributed by atoms with Crippen LogP contribution < -0.4 is 10.1 Å². The average Bonchev–Trinajstić information content (AvgIpc) is 2.58. The summed E-state index contributed by atoms with van der Waals surface area (Å²) in [6.07, 6.45) is -1.21. The van der Waals surface area contributed by atoms with Crippen LogP contribution >= 0.6 is 12.4 Å². The van der Waals surface area contributed by atoms with E-state index in [9.17, 15) is 18.0 Å². The molecule has 148 valence electrons. The molecule has 1 aliphatic rings. The second kappa shape index (κ2) is 10.6. The molecule has 1 aromatic rings. The minimum atomic E-state index is -4.73. The smallest absolute Gasteiger partial charge is 0.406 e. The van der Waals surface area contributed by atoms with Crippen molar-refractivity contribution in [2.75, 3.05) is 26.7 Å². The lowest BCUT2D eigenvalue weighted by atomic mass is 9.93. The highest BCUT2D eigenvalue weighted by Crippen LogP contribution is 2.27. The van der Waals surface area contributed by atoms with Crippen LogP contribution in [-0.4, -0.2) is 43.9 Å². The minimum absolute atomic E-state index is 0. The maximum atomic E-state index is 12.4. The quantitative estimate of drug-likeness (QED) is 0.765. The fourth-order valence-electron chi connectivity index (χ4n) is 3.15. The van der Waals surface area contributed by atoms with E-state index in [1.54, 1.807) is 12.1 Å². The van der Waals surface area contributed by atoms with Crippen molar-refractivity contribution in [3.63, 3.8) is 0 Å². The summed E-state index contributed by atoms with van der Waals surface area (Å²) < 4.78 is 41.3. The molecule has 1 amide bonds. The Balaban J connectivity index is 0.00000338. The molecule has 0 saturated carbocycles. The van der Waals surface area contributed by atoms with Crippen LogP contribution in [0.5, 0.6) is 5.75 Å². The molecule has 4 nitrogen and oxygen atoms in total. The van der Waals surface area contributed by atoms with Gasteiger partial charge in [-0.1, -0.05) is 18.2 Å². The molecule has 26 heavy (non-hydrogen) atoms. The predicted molar refractivity (Wildman–Crippen MR) is 96.5 cm³/mol. The van der Waals surface area contributed by atoms with E-state index in [4.69, 9.17) is 0 Å². The molecule has 8 heteroatoms. The molecule has 0 aliphatic carbocycles. The number of rotatable bonds is 7. The number of ether oxygens (including phenoxy) is 1. The summed E-state index contributed by atoms with van der Waals surface area (Å²) in [6, 6.07) is 5.98. The van der Waals surface area contributed by atoms with Gasteiger partial charge in [-0.25, -0.2) is 0 Å². The third-order valence-corrected chi connectivity index (χ3v) is 4.58. The van der Waals surface area contributed by atoms with Crippen LogP contribution in [-0.2, 0) is 11.2 Å². The minimum Gasteiger partial charge on any atom is -0.406 e. The van der Waals surface area contributed by atoms with Gasteiger partial charge in [-0.3, -0.25) is 4.79 Å². The highest BCUT2D eigenvalue weighted by Gasteiger charge is 2.32. The lowest BCUT2D eigenvalue weighted by Gasteiger charge is -2.32. The number of alkyl halides is 3. The maximum absolute atomic E-state index is 12.4. The van der Waals surface area contributed by atoms with Gasteiger partial charge in [-0.15, -0.1) is 25.6 Å². The summed E-state index contributed by atoms with van der Waals surface area (Å²) >= 11 is 0. The molecule has 1 aliphatic heterocycles. The number of aryl methyl sites for hydroxylation is 1. The van der Waals surface area contributed by atoms with E-state index in [0.717, 1.165) is 38.9 Å². The van der Waals surface area contributed by atoms with Crippen LogP contribution in [0.4, 0.5) is 13.2 Å². The highest BCUT2D eigenvalue weighted by molar-refractivity contribution is 5.85. The number of piperidine rings is 1. The van der Waals surface area contributed by atoms with Crippen molar-refractivity contribution >= 4 is 18.3 Å². The van der Waals surface area contributed by atoms with Gasteiger partial charge in [-0.2, -0.15) is 0 Å². The number of carbonyl (C=O) groups is 1. The normalized spacial score (nSPS) is 15.5. The largest absolute Gasteiger partial charge is 0.573 e. The summed E-state index contributed by atoms with van der Waals surface area (Å²) in [5, 5.41) is 3.14. The number of para-hydroxylation sites is 1. The third-order valence-electron chi connectivity index (χ3n) is 4.58. The van der Waals surface area contributed by atoms with Gasteiger partial charge >= 0.3 is 6.36 Å². The summed E-state index contributed by atoms with van der Waals surface area (Å²) in [4.78, 5) is 14.2. The number of halogens is 4. The number of likely N-dealkylation sites (tertiary alicyclic amines) is 1. The van der Waals surface area contributed by atoms with Crippen LogP contribution in [0.1, 0.15) is 31.2 Å². The number of nitrogens with zero attached hydrogens (tertiary/aromatic N) is 1. The van der Waals surface area contributed by atoms with Crippen molar-refractivity contribution in [1.29, 1.82) is 0 Å². The molecule has 0 unspecified atom stereocenters. The second-order valence-electron chi connectivity index (χ2n) is 6.37. The molecule has 0 spiro atoms. The monoisotopic (exact) mass is 394 g/mol. The first kappa shape index (κ1) is 22.6. The SMILES string of the molecule is CNCCC1CCN(C(=O)CCc2ccccc2OC(F)(F)F)CC1.Cl. The zero-order valence-corrected chi connectivity index (χ0v) is 15.7. The van der Waals surface area contributed by atoms with Gasteiger partial charge in [0, 0.05) is 19.5 Å². The van der Waals surface area contributed by atoms with E-state index in [1.807, 2.05) is 11.9 Å². The van der Waals surface area contributed by atoms with Crippen molar-refractivity contribution in [2.24, 2.45) is 5.92 Å². The fourth-order valence-corrected chi connectivity index (χ4v) is 3.15. The lowest BCUT2D eigenvalue weighted by Crippen LogP contribution is -2.39. The van der Waals surface area contributed by atoms with E-state index in [0.29, 0.717) is 11.5 Å². The first-order valence-corrected chi connectivity index (χ1v) is 8.65. The van der Waals surface area contributed by atoms with Crippen molar-refractivity contribution in [2.45, 2.75) is 38.5 Å². The third kappa shape index (κ3) is 7.41. The number of amides is 1. The summed E-state index contributed by atoms with van der Waals surface area (Å²) in [5.41, 5.74) is 0.400. The van der Waals surface area contributed by atoms with E-state index < -0.39 is 6.36 Å². The van der Waals surface area contributed by atoms with Crippen LogP contribution in [0.3, 0.4) is 0 Å². The van der Waals surface area contributed by atoms with Crippen LogP contribution in [0.2, 0.25) is 0 Å². The first-order chi connectivity index (χ1) is 11.9. The molecule has 1 saturated heterocycles. The molecular weight excluding hydrogens is 369 g/mol. The van der Waals surface area contributed by atoms with E-state index in [1.165, 1.54) is 12.1 Å². The lowest BCUT2D eigenvalue weighted by molar-refractivity contribution is -0.274. The molecule has 2 rings (SSSR count). The Morgan fingerprint density at radius 1 is 1.27 bits per heavy atom. The van der Waals surface area contributed by atoms with Gasteiger partial charge < -0.3 is 15.0 Å². The number of hydrogen-bond acceptors (Lipinski definition) is 3. The van der Waals surface area contributed by atoms with Gasteiger partial charge in [0.25, 0.3) is 0 Å². The number of nitrogens with one attached hydrogen (secondary N) is 1. The number of benzene rings is 1. The van der Waals surface area contributed by atoms with E-state index in [-0.39, 0.29) is 36.9 Å². The molecule has 0 aromatic heterocycles. The zero-order chi connectivity index (χ0) is 18.3. The Morgan fingerprint density at radius 3 is 2.54 bits per heavy atom. The first-order valence-electron chi connectivity index (χ1n) is 8.65. The van der Waals surface area contributed by atoms with Gasteiger partial charge in [0.1, 0.15) is 5.75 Å². The zero-order valence-electron chi connectivity index (χ0n) is 14.8. The van der Waals surface area contributed by atoms with Crippen molar-refractivity contribution in [1.82, 2.24) is 10.2 Å². The Morgan fingerprint density at radius 2 is 1.92 bits per heavy atom. The topological polar surface area (TPSA) is 41.6 Å². The highest BCUT2D eigenvalue weighted by atomic mass is 35.5. The molecule has 1 N–H and O–H groups in total. The number of carbonyl (C=O) groups excluding carboxylic acids is 1. The molecule has 0 atom stereocenters.